The number of methoxy groups -OCH3 is 1. The number of hydrogen-bond acceptors (Lipinski definition) is 3. The molecule has 3 nitrogen and oxygen atoms in total. The van der Waals surface area contributed by atoms with Crippen LogP contribution >= 0.6 is 0 Å². The monoisotopic (exact) mass is 297 g/mol. The van der Waals surface area contributed by atoms with Gasteiger partial charge in [-0.05, 0) is 41.7 Å². The molecule has 0 unspecified atom stereocenters. The van der Waals surface area contributed by atoms with Crippen LogP contribution < -0.4 is 10.5 Å². The van der Waals surface area contributed by atoms with Crippen molar-refractivity contribution < 1.29 is 9.47 Å². The van der Waals surface area contributed by atoms with E-state index in [9.17, 15) is 0 Å². The molecule has 1 aliphatic rings. The van der Waals surface area contributed by atoms with E-state index >= 15 is 0 Å². The van der Waals surface area contributed by atoms with Crippen LogP contribution in [-0.4, -0.2) is 26.9 Å². The van der Waals surface area contributed by atoms with Gasteiger partial charge >= 0.3 is 0 Å². The van der Waals surface area contributed by atoms with E-state index in [4.69, 9.17) is 15.2 Å². The van der Waals surface area contributed by atoms with Crippen molar-refractivity contribution in [3.63, 3.8) is 0 Å². The largest absolute Gasteiger partial charge is 0.497 e. The van der Waals surface area contributed by atoms with Crippen molar-refractivity contribution in [3.8, 4) is 16.9 Å². The normalized spacial score (nSPS) is 17.2. The van der Waals surface area contributed by atoms with Gasteiger partial charge in [0.15, 0.2) is 0 Å². The summed E-state index contributed by atoms with van der Waals surface area (Å²) in [5, 5.41) is 0. The van der Waals surface area contributed by atoms with Gasteiger partial charge in [0.2, 0.25) is 0 Å². The van der Waals surface area contributed by atoms with Crippen LogP contribution in [-0.2, 0) is 10.2 Å². The molecule has 2 N–H and O–H groups in total. The second-order valence-electron chi connectivity index (χ2n) is 5.91. The summed E-state index contributed by atoms with van der Waals surface area (Å²) in [6, 6.07) is 16.9. The number of ether oxygens (including phenoxy) is 2. The summed E-state index contributed by atoms with van der Waals surface area (Å²) < 4.78 is 10.8. The van der Waals surface area contributed by atoms with Gasteiger partial charge in [0.05, 0.1) is 7.11 Å². The fraction of sp³-hybridized carbons (Fsp3) is 0.368. The van der Waals surface area contributed by atoms with E-state index in [1.807, 2.05) is 12.1 Å². The van der Waals surface area contributed by atoms with Crippen LogP contribution in [0.2, 0.25) is 0 Å². The summed E-state index contributed by atoms with van der Waals surface area (Å²) in [4.78, 5) is 0. The number of hydrogen-bond donors (Lipinski definition) is 1. The van der Waals surface area contributed by atoms with Gasteiger partial charge in [-0.15, -0.1) is 0 Å². The molecule has 2 aromatic carbocycles. The van der Waals surface area contributed by atoms with Crippen LogP contribution in [0.1, 0.15) is 18.4 Å². The summed E-state index contributed by atoms with van der Waals surface area (Å²) in [6.45, 7) is 2.28. The van der Waals surface area contributed by atoms with Crippen LogP contribution in [0, 0.1) is 0 Å². The molecule has 116 valence electrons. The lowest BCUT2D eigenvalue weighted by atomic mass is 9.74. The quantitative estimate of drug-likeness (QED) is 0.941. The molecular formula is C19H23NO2. The van der Waals surface area contributed by atoms with Crippen molar-refractivity contribution in [1.29, 1.82) is 0 Å². The predicted molar refractivity (Wildman–Crippen MR) is 89.2 cm³/mol. The third kappa shape index (κ3) is 2.87. The first-order valence-electron chi connectivity index (χ1n) is 7.80. The summed E-state index contributed by atoms with van der Waals surface area (Å²) in [7, 11) is 1.69. The van der Waals surface area contributed by atoms with E-state index in [1.54, 1.807) is 7.11 Å². The van der Waals surface area contributed by atoms with Crippen LogP contribution in [0.25, 0.3) is 11.1 Å². The Balaban J connectivity index is 1.88. The molecule has 0 bridgehead atoms. The molecule has 0 aliphatic carbocycles. The molecule has 2 aromatic rings. The molecule has 1 aliphatic heterocycles. The van der Waals surface area contributed by atoms with Gasteiger partial charge in [0.25, 0.3) is 0 Å². The molecule has 0 amide bonds. The third-order valence-electron chi connectivity index (χ3n) is 4.74. The highest BCUT2D eigenvalue weighted by Crippen LogP contribution is 2.35. The predicted octanol–water partition coefficient (Wildman–Crippen LogP) is 3.37. The summed E-state index contributed by atoms with van der Waals surface area (Å²) in [5.41, 5.74) is 9.85. The second-order valence-corrected chi connectivity index (χ2v) is 5.91. The molecule has 0 aromatic heterocycles. The number of nitrogens with two attached hydrogens (primary N) is 1. The Labute approximate surface area is 132 Å². The maximum absolute atomic E-state index is 6.09. The van der Waals surface area contributed by atoms with Crippen molar-refractivity contribution in [3.05, 3.63) is 54.1 Å². The Morgan fingerprint density at radius 1 is 1.05 bits per heavy atom. The van der Waals surface area contributed by atoms with Crippen LogP contribution in [0.4, 0.5) is 0 Å². The first-order valence-corrected chi connectivity index (χ1v) is 7.80. The average Bonchev–Trinajstić information content (AvgIpc) is 2.62. The first kappa shape index (κ1) is 15.1. The van der Waals surface area contributed by atoms with Crippen LogP contribution in [0.3, 0.4) is 0 Å². The molecule has 1 fully saturated rings. The molecule has 1 saturated heterocycles. The molecular weight excluding hydrogens is 274 g/mol. The Kier molecular flexibility index (Phi) is 4.46. The smallest absolute Gasteiger partial charge is 0.119 e. The minimum atomic E-state index is 0.0746. The van der Waals surface area contributed by atoms with E-state index in [0.29, 0.717) is 6.54 Å². The standard InChI is InChI=1S/C19H23NO2/c1-21-18-4-2-3-16(13-18)15-5-7-17(8-6-15)19(14-20)9-11-22-12-10-19/h2-8,13H,9-12,14,20H2,1H3. The van der Waals surface area contributed by atoms with Crippen LogP contribution in [0.15, 0.2) is 48.5 Å². The summed E-state index contributed by atoms with van der Waals surface area (Å²) >= 11 is 0. The maximum atomic E-state index is 6.09. The number of rotatable bonds is 4. The zero-order valence-electron chi connectivity index (χ0n) is 13.0. The van der Waals surface area contributed by atoms with Crippen molar-refractivity contribution in [2.45, 2.75) is 18.3 Å². The molecule has 1 heterocycles. The minimum absolute atomic E-state index is 0.0746. The van der Waals surface area contributed by atoms with Gasteiger partial charge in [-0.25, -0.2) is 0 Å². The van der Waals surface area contributed by atoms with E-state index in [2.05, 4.69) is 36.4 Å². The lowest BCUT2D eigenvalue weighted by Gasteiger charge is -2.36. The van der Waals surface area contributed by atoms with Crippen molar-refractivity contribution in [2.24, 2.45) is 5.73 Å². The van der Waals surface area contributed by atoms with E-state index in [1.165, 1.54) is 16.7 Å². The second kappa shape index (κ2) is 6.51. The summed E-state index contributed by atoms with van der Waals surface area (Å²) in [6.07, 6.45) is 2.00. The van der Waals surface area contributed by atoms with Gasteiger partial charge in [-0.2, -0.15) is 0 Å². The molecule has 3 heteroatoms. The van der Waals surface area contributed by atoms with Gasteiger partial charge in [0.1, 0.15) is 5.75 Å². The third-order valence-corrected chi connectivity index (χ3v) is 4.74. The molecule has 22 heavy (non-hydrogen) atoms. The Morgan fingerprint density at radius 2 is 1.77 bits per heavy atom. The highest BCUT2D eigenvalue weighted by atomic mass is 16.5. The lowest BCUT2D eigenvalue weighted by Crippen LogP contribution is -2.40. The average molecular weight is 297 g/mol. The van der Waals surface area contributed by atoms with Crippen molar-refractivity contribution >= 4 is 0 Å². The van der Waals surface area contributed by atoms with Crippen LogP contribution in [0.5, 0.6) is 5.75 Å². The lowest BCUT2D eigenvalue weighted by molar-refractivity contribution is 0.0530. The Hall–Kier alpha value is -1.84. The molecule has 0 radical (unpaired) electrons. The van der Waals surface area contributed by atoms with Crippen molar-refractivity contribution in [2.75, 3.05) is 26.9 Å². The fourth-order valence-electron chi connectivity index (χ4n) is 3.19. The molecule has 0 spiro atoms. The van der Waals surface area contributed by atoms with Gasteiger partial charge < -0.3 is 15.2 Å². The Bertz CT molecular complexity index is 616. The van der Waals surface area contributed by atoms with E-state index in [0.717, 1.165) is 31.8 Å². The maximum Gasteiger partial charge on any atom is 0.119 e. The number of benzene rings is 2. The van der Waals surface area contributed by atoms with Crippen molar-refractivity contribution in [1.82, 2.24) is 0 Å². The van der Waals surface area contributed by atoms with Gasteiger partial charge in [-0.1, -0.05) is 36.4 Å². The molecule has 3 rings (SSSR count). The zero-order valence-corrected chi connectivity index (χ0v) is 13.0. The van der Waals surface area contributed by atoms with E-state index in [-0.39, 0.29) is 5.41 Å². The SMILES string of the molecule is COc1cccc(-c2ccc(C3(CN)CCOCC3)cc2)c1. The van der Waals surface area contributed by atoms with E-state index < -0.39 is 0 Å². The highest BCUT2D eigenvalue weighted by molar-refractivity contribution is 5.65. The zero-order chi connectivity index (χ0) is 15.4. The fourth-order valence-corrected chi connectivity index (χ4v) is 3.19. The van der Waals surface area contributed by atoms with Gasteiger partial charge in [0, 0.05) is 25.2 Å². The first-order chi connectivity index (χ1) is 10.8. The highest BCUT2D eigenvalue weighted by Gasteiger charge is 2.32. The summed E-state index contributed by atoms with van der Waals surface area (Å²) in [5.74, 6) is 0.879. The van der Waals surface area contributed by atoms with Gasteiger partial charge in [-0.3, -0.25) is 0 Å². The molecule has 0 saturated carbocycles. The molecule has 0 atom stereocenters. The minimum Gasteiger partial charge on any atom is -0.497 e. The topological polar surface area (TPSA) is 44.5 Å². The Morgan fingerprint density at radius 3 is 2.41 bits per heavy atom.